The number of nitrogens with one attached hydrogen (secondary N) is 1. The van der Waals surface area contributed by atoms with Gasteiger partial charge in [-0.25, -0.2) is 4.39 Å². The lowest BCUT2D eigenvalue weighted by atomic mass is 9.98. The molecule has 20 heavy (non-hydrogen) atoms. The van der Waals surface area contributed by atoms with E-state index in [1.807, 2.05) is 6.92 Å². The first-order valence-electron chi connectivity index (χ1n) is 7.46. The molecule has 0 aliphatic carbocycles. The van der Waals surface area contributed by atoms with Crippen LogP contribution in [0.15, 0.2) is 18.2 Å². The van der Waals surface area contributed by atoms with E-state index < -0.39 is 5.82 Å². The van der Waals surface area contributed by atoms with Crippen molar-refractivity contribution in [3.8, 4) is 0 Å². The first kappa shape index (κ1) is 13.6. The van der Waals surface area contributed by atoms with Crippen molar-refractivity contribution in [2.75, 3.05) is 13.1 Å². The van der Waals surface area contributed by atoms with Crippen LogP contribution >= 0.6 is 0 Å². The molecule has 1 amide bonds. The highest BCUT2D eigenvalue weighted by atomic mass is 19.1. The van der Waals surface area contributed by atoms with Crippen LogP contribution < -0.4 is 5.32 Å². The molecule has 0 aromatic heterocycles. The number of nitrogens with zero attached hydrogens (tertiary/aromatic N) is 1. The van der Waals surface area contributed by atoms with Crippen LogP contribution in [-0.2, 0) is 0 Å². The molecule has 3 nitrogen and oxygen atoms in total. The lowest BCUT2D eigenvalue weighted by molar-refractivity contribution is 0.0911. The van der Waals surface area contributed by atoms with E-state index in [4.69, 9.17) is 0 Å². The minimum Gasteiger partial charge on any atom is -0.348 e. The molecule has 2 aliphatic rings. The van der Waals surface area contributed by atoms with Crippen LogP contribution in [0.1, 0.15) is 41.6 Å². The van der Waals surface area contributed by atoms with Gasteiger partial charge in [-0.2, -0.15) is 0 Å². The van der Waals surface area contributed by atoms with Gasteiger partial charge in [0.2, 0.25) is 0 Å². The summed E-state index contributed by atoms with van der Waals surface area (Å²) in [6, 6.07) is 5.38. The van der Waals surface area contributed by atoms with Crippen LogP contribution in [0.2, 0.25) is 0 Å². The summed E-state index contributed by atoms with van der Waals surface area (Å²) in [5, 5.41) is 3.03. The highest BCUT2D eigenvalue weighted by Gasteiger charge is 2.36. The van der Waals surface area contributed by atoms with Gasteiger partial charge in [0.05, 0.1) is 5.56 Å². The molecule has 0 saturated carbocycles. The molecule has 2 saturated heterocycles. The zero-order chi connectivity index (χ0) is 14.1. The molecule has 2 atom stereocenters. The number of fused-ring (bicyclic) bond motifs is 1. The molecule has 4 heteroatoms. The van der Waals surface area contributed by atoms with E-state index in [-0.39, 0.29) is 17.5 Å². The van der Waals surface area contributed by atoms with E-state index in [1.165, 1.54) is 18.9 Å². The molecule has 3 rings (SSSR count). The van der Waals surface area contributed by atoms with Crippen molar-refractivity contribution in [1.82, 2.24) is 10.2 Å². The molecule has 2 fully saturated rings. The summed E-state index contributed by atoms with van der Waals surface area (Å²) in [5.74, 6) is -0.707. The number of aryl methyl sites for hydroxylation is 1. The first-order valence-corrected chi connectivity index (χ1v) is 7.46. The molecular formula is C16H21FN2O. The summed E-state index contributed by atoms with van der Waals surface area (Å²) >= 11 is 0. The standard InChI is InChI=1S/C16H21FN2O/c1-11-5-6-12(13(17)10-11)16(20)18-14-7-9-19-8-3-2-4-15(14)19/h5-6,10,14-15H,2-4,7-9H2,1H3,(H,18,20). The predicted molar refractivity (Wildman–Crippen MR) is 76.2 cm³/mol. The van der Waals surface area contributed by atoms with E-state index in [0.717, 1.165) is 31.5 Å². The molecule has 0 radical (unpaired) electrons. The number of benzene rings is 1. The van der Waals surface area contributed by atoms with Crippen LogP contribution in [-0.4, -0.2) is 36.0 Å². The third-order valence-electron chi connectivity index (χ3n) is 4.54. The van der Waals surface area contributed by atoms with Crippen molar-refractivity contribution >= 4 is 5.91 Å². The fraction of sp³-hybridized carbons (Fsp3) is 0.562. The average molecular weight is 276 g/mol. The maximum Gasteiger partial charge on any atom is 0.254 e. The van der Waals surface area contributed by atoms with E-state index in [2.05, 4.69) is 10.2 Å². The van der Waals surface area contributed by atoms with Gasteiger partial charge < -0.3 is 5.32 Å². The average Bonchev–Trinajstić information content (AvgIpc) is 2.82. The second-order valence-corrected chi connectivity index (χ2v) is 5.95. The number of piperidine rings is 1. The van der Waals surface area contributed by atoms with Crippen LogP contribution in [0.3, 0.4) is 0 Å². The number of carbonyl (C=O) groups is 1. The Bertz CT molecular complexity index is 517. The Balaban J connectivity index is 1.69. The second-order valence-electron chi connectivity index (χ2n) is 5.95. The minimum atomic E-state index is -0.430. The lowest BCUT2D eigenvalue weighted by Gasteiger charge is -2.32. The van der Waals surface area contributed by atoms with Crippen LogP contribution in [0, 0.1) is 12.7 Å². The van der Waals surface area contributed by atoms with Gasteiger partial charge in [-0.3, -0.25) is 9.69 Å². The maximum atomic E-state index is 13.8. The summed E-state index contributed by atoms with van der Waals surface area (Å²) < 4.78 is 13.8. The van der Waals surface area contributed by atoms with Crippen LogP contribution in [0.5, 0.6) is 0 Å². The molecule has 1 aromatic carbocycles. The highest BCUT2D eigenvalue weighted by molar-refractivity contribution is 5.94. The van der Waals surface area contributed by atoms with Crippen molar-refractivity contribution in [2.24, 2.45) is 0 Å². The molecule has 1 N–H and O–H groups in total. The zero-order valence-electron chi connectivity index (χ0n) is 11.9. The number of hydrogen-bond donors (Lipinski definition) is 1. The number of carbonyl (C=O) groups excluding carboxylic acids is 1. The normalized spacial score (nSPS) is 26.3. The third kappa shape index (κ3) is 2.57. The van der Waals surface area contributed by atoms with Crippen molar-refractivity contribution in [3.05, 3.63) is 35.1 Å². The predicted octanol–water partition coefficient (Wildman–Crippen LogP) is 2.49. The second kappa shape index (κ2) is 5.52. The zero-order valence-corrected chi connectivity index (χ0v) is 11.9. The number of hydrogen-bond acceptors (Lipinski definition) is 2. The Morgan fingerprint density at radius 1 is 1.30 bits per heavy atom. The summed E-state index contributed by atoms with van der Waals surface area (Å²) in [6.07, 6.45) is 4.60. The molecular weight excluding hydrogens is 255 g/mol. The maximum absolute atomic E-state index is 13.8. The van der Waals surface area contributed by atoms with Gasteiger partial charge in [-0.05, 0) is 50.4 Å². The quantitative estimate of drug-likeness (QED) is 0.900. The molecule has 2 heterocycles. The van der Waals surface area contributed by atoms with Gasteiger partial charge in [-0.1, -0.05) is 12.5 Å². The Labute approximate surface area is 119 Å². The molecule has 0 spiro atoms. The SMILES string of the molecule is Cc1ccc(C(=O)NC2CCN3CCCCC23)c(F)c1. The van der Waals surface area contributed by atoms with Crippen LogP contribution in [0.4, 0.5) is 4.39 Å². The van der Waals surface area contributed by atoms with Gasteiger partial charge >= 0.3 is 0 Å². The van der Waals surface area contributed by atoms with Gasteiger partial charge in [0.25, 0.3) is 5.91 Å². The smallest absolute Gasteiger partial charge is 0.254 e. The summed E-state index contributed by atoms with van der Waals surface area (Å²) in [4.78, 5) is 14.7. The van der Waals surface area contributed by atoms with Crippen molar-refractivity contribution in [1.29, 1.82) is 0 Å². The largest absolute Gasteiger partial charge is 0.348 e. The minimum absolute atomic E-state index is 0.157. The van der Waals surface area contributed by atoms with Gasteiger partial charge in [0.15, 0.2) is 0 Å². The number of amides is 1. The van der Waals surface area contributed by atoms with Crippen molar-refractivity contribution < 1.29 is 9.18 Å². The van der Waals surface area contributed by atoms with Gasteiger partial charge in [0, 0.05) is 18.6 Å². The van der Waals surface area contributed by atoms with E-state index in [1.54, 1.807) is 12.1 Å². The highest BCUT2D eigenvalue weighted by Crippen LogP contribution is 2.27. The van der Waals surface area contributed by atoms with Crippen molar-refractivity contribution in [3.63, 3.8) is 0 Å². The lowest BCUT2D eigenvalue weighted by Crippen LogP contribution is -2.46. The van der Waals surface area contributed by atoms with Gasteiger partial charge in [-0.15, -0.1) is 0 Å². The van der Waals surface area contributed by atoms with E-state index in [0.29, 0.717) is 6.04 Å². The fourth-order valence-electron chi connectivity index (χ4n) is 3.47. The molecule has 2 aliphatic heterocycles. The number of rotatable bonds is 2. The Hall–Kier alpha value is -1.42. The summed E-state index contributed by atoms with van der Waals surface area (Å²) in [5.41, 5.74) is 0.989. The van der Waals surface area contributed by atoms with Crippen molar-refractivity contribution in [2.45, 2.75) is 44.7 Å². The summed E-state index contributed by atoms with van der Waals surface area (Å²) in [7, 11) is 0. The number of halogens is 1. The van der Waals surface area contributed by atoms with E-state index in [9.17, 15) is 9.18 Å². The third-order valence-corrected chi connectivity index (χ3v) is 4.54. The molecule has 108 valence electrons. The Morgan fingerprint density at radius 3 is 2.95 bits per heavy atom. The Morgan fingerprint density at radius 2 is 2.15 bits per heavy atom. The van der Waals surface area contributed by atoms with Gasteiger partial charge in [0.1, 0.15) is 5.82 Å². The Kier molecular flexibility index (Phi) is 3.74. The molecule has 0 bridgehead atoms. The fourth-order valence-corrected chi connectivity index (χ4v) is 3.47. The first-order chi connectivity index (χ1) is 9.65. The van der Waals surface area contributed by atoms with Crippen LogP contribution in [0.25, 0.3) is 0 Å². The van der Waals surface area contributed by atoms with E-state index >= 15 is 0 Å². The molecule has 2 unspecified atom stereocenters. The topological polar surface area (TPSA) is 32.3 Å². The molecule has 1 aromatic rings. The monoisotopic (exact) mass is 276 g/mol. The summed E-state index contributed by atoms with van der Waals surface area (Å²) in [6.45, 7) is 4.00.